The Hall–Kier alpha value is -2.20. The SMILES string of the molecule is Fc1cc(C=NNc2ccccc2)ccc1COC1CCCC1. The molecule has 1 aliphatic rings. The Morgan fingerprint density at radius 3 is 2.65 bits per heavy atom. The lowest BCUT2D eigenvalue weighted by atomic mass is 10.1. The predicted octanol–water partition coefficient (Wildman–Crippen LogP) is 4.73. The number of halogens is 1. The number of hydrogen-bond acceptors (Lipinski definition) is 3. The Bertz CT molecular complexity index is 652. The molecular formula is C19H21FN2O. The fourth-order valence-corrected chi connectivity index (χ4v) is 2.72. The van der Waals surface area contributed by atoms with E-state index in [4.69, 9.17) is 4.74 Å². The van der Waals surface area contributed by atoms with Gasteiger partial charge in [0, 0.05) is 5.56 Å². The zero-order valence-electron chi connectivity index (χ0n) is 13.0. The van der Waals surface area contributed by atoms with Gasteiger partial charge in [-0.1, -0.05) is 43.2 Å². The van der Waals surface area contributed by atoms with E-state index in [1.54, 1.807) is 12.3 Å². The molecule has 4 heteroatoms. The van der Waals surface area contributed by atoms with Crippen LogP contribution in [-0.2, 0) is 11.3 Å². The highest BCUT2D eigenvalue weighted by molar-refractivity contribution is 5.80. The van der Waals surface area contributed by atoms with Crippen LogP contribution in [0.3, 0.4) is 0 Å². The van der Waals surface area contributed by atoms with Crippen molar-refractivity contribution < 1.29 is 9.13 Å². The van der Waals surface area contributed by atoms with Crippen molar-refractivity contribution in [2.75, 3.05) is 5.43 Å². The summed E-state index contributed by atoms with van der Waals surface area (Å²) in [5.74, 6) is -0.244. The second-order valence-electron chi connectivity index (χ2n) is 5.80. The first-order chi connectivity index (χ1) is 11.3. The molecule has 1 N–H and O–H groups in total. The van der Waals surface area contributed by atoms with Crippen LogP contribution in [0.25, 0.3) is 0 Å². The van der Waals surface area contributed by atoms with Crippen molar-refractivity contribution in [3.8, 4) is 0 Å². The Labute approximate surface area is 136 Å². The Morgan fingerprint density at radius 1 is 1.13 bits per heavy atom. The number of benzene rings is 2. The smallest absolute Gasteiger partial charge is 0.129 e. The lowest BCUT2D eigenvalue weighted by molar-refractivity contribution is 0.0441. The van der Waals surface area contributed by atoms with E-state index in [-0.39, 0.29) is 5.82 Å². The summed E-state index contributed by atoms with van der Waals surface area (Å²) in [6.07, 6.45) is 6.53. The van der Waals surface area contributed by atoms with E-state index in [9.17, 15) is 4.39 Å². The minimum Gasteiger partial charge on any atom is -0.373 e. The van der Waals surface area contributed by atoms with Gasteiger partial charge in [0.25, 0.3) is 0 Å². The van der Waals surface area contributed by atoms with Gasteiger partial charge in [-0.15, -0.1) is 0 Å². The number of hydrazone groups is 1. The summed E-state index contributed by atoms with van der Waals surface area (Å²) >= 11 is 0. The molecule has 0 heterocycles. The molecule has 3 nitrogen and oxygen atoms in total. The standard InChI is InChI=1S/C19H21FN2O/c20-19-12-15(13-21-22-17-6-2-1-3-7-17)10-11-16(19)14-23-18-8-4-5-9-18/h1-3,6-7,10-13,18,22H,4-5,8-9,14H2. The Balaban J connectivity index is 1.55. The number of nitrogens with zero attached hydrogens (tertiary/aromatic N) is 1. The number of ether oxygens (including phenoxy) is 1. The molecule has 0 spiro atoms. The van der Waals surface area contributed by atoms with Crippen LogP contribution in [0.4, 0.5) is 10.1 Å². The monoisotopic (exact) mass is 312 g/mol. The molecule has 0 saturated heterocycles. The summed E-state index contributed by atoms with van der Waals surface area (Å²) in [5.41, 5.74) is 5.13. The molecule has 0 amide bonds. The van der Waals surface area contributed by atoms with Gasteiger partial charge < -0.3 is 4.74 Å². The lowest BCUT2D eigenvalue weighted by Crippen LogP contribution is -2.08. The zero-order valence-corrected chi connectivity index (χ0v) is 13.0. The molecule has 0 bridgehead atoms. The van der Waals surface area contributed by atoms with E-state index < -0.39 is 0 Å². The van der Waals surface area contributed by atoms with Gasteiger partial charge in [0.2, 0.25) is 0 Å². The molecule has 2 aromatic rings. The van der Waals surface area contributed by atoms with Crippen LogP contribution >= 0.6 is 0 Å². The molecule has 0 aliphatic heterocycles. The highest BCUT2D eigenvalue weighted by Gasteiger charge is 2.16. The van der Waals surface area contributed by atoms with Gasteiger partial charge in [0.15, 0.2) is 0 Å². The number of nitrogens with one attached hydrogen (secondary N) is 1. The van der Waals surface area contributed by atoms with Crippen LogP contribution in [0.5, 0.6) is 0 Å². The van der Waals surface area contributed by atoms with Crippen LogP contribution < -0.4 is 5.43 Å². The second kappa shape index (κ2) is 7.88. The molecule has 0 aromatic heterocycles. The molecule has 0 unspecified atom stereocenters. The number of para-hydroxylation sites is 1. The zero-order chi connectivity index (χ0) is 15.9. The highest BCUT2D eigenvalue weighted by atomic mass is 19.1. The van der Waals surface area contributed by atoms with Gasteiger partial charge in [-0.25, -0.2) is 4.39 Å². The average Bonchev–Trinajstić information content (AvgIpc) is 3.08. The van der Waals surface area contributed by atoms with Crippen molar-refractivity contribution >= 4 is 11.9 Å². The van der Waals surface area contributed by atoms with Crippen molar-refractivity contribution in [3.05, 3.63) is 65.5 Å². The van der Waals surface area contributed by atoms with E-state index in [1.807, 2.05) is 36.4 Å². The van der Waals surface area contributed by atoms with Crippen LogP contribution in [0.2, 0.25) is 0 Å². The topological polar surface area (TPSA) is 33.6 Å². The molecule has 3 rings (SSSR count). The fraction of sp³-hybridized carbons (Fsp3) is 0.316. The molecule has 1 aliphatic carbocycles. The van der Waals surface area contributed by atoms with Crippen LogP contribution in [0.1, 0.15) is 36.8 Å². The van der Waals surface area contributed by atoms with E-state index in [0.717, 1.165) is 24.1 Å². The molecule has 1 fully saturated rings. The summed E-state index contributed by atoms with van der Waals surface area (Å²) in [6.45, 7) is 0.343. The number of rotatable bonds is 6. The quantitative estimate of drug-likeness (QED) is 0.618. The van der Waals surface area contributed by atoms with Crippen molar-refractivity contribution in [2.45, 2.75) is 38.4 Å². The third-order valence-corrected chi connectivity index (χ3v) is 4.03. The van der Waals surface area contributed by atoms with E-state index in [2.05, 4.69) is 10.5 Å². The predicted molar refractivity (Wildman–Crippen MR) is 91.1 cm³/mol. The first kappa shape index (κ1) is 15.7. The molecule has 0 radical (unpaired) electrons. The van der Waals surface area contributed by atoms with Gasteiger partial charge in [-0.05, 0) is 36.6 Å². The average molecular weight is 312 g/mol. The van der Waals surface area contributed by atoms with Gasteiger partial charge >= 0.3 is 0 Å². The van der Waals surface area contributed by atoms with E-state index >= 15 is 0 Å². The summed E-state index contributed by atoms with van der Waals surface area (Å²) in [7, 11) is 0. The largest absolute Gasteiger partial charge is 0.373 e. The van der Waals surface area contributed by atoms with Gasteiger partial charge in [-0.2, -0.15) is 5.10 Å². The Morgan fingerprint density at radius 2 is 1.91 bits per heavy atom. The molecule has 2 aromatic carbocycles. The number of hydrogen-bond donors (Lipinski definition) is 1. The van der Waals surface area contributed by atoms with E-state index in [0.29, 0.717) is 18.3 Å². The normalized spacial score (nSPS) is 15.3. The third-order valence-electron chi connectivity index (χ3n) is 4.03. The van der Waals surface area contributed by atoms with Crippen molar-refractivity contribution in [3.63, 3.8) is 0 Å². The third kappa shape index (κ3) is 4.63. The summed E-state index contributed by atoms with van der Waals surface area (Å²) in [4.78, 5) is 0. The van der Waals surface area contributed by atoms with Crippen LogP contribution in [0.15, 0.2) is 53.6 Å². The van der Waals surface area contributed by atoms with Crippen LogP contribution in [0, 0.1) is 5.82 Å². The van der Waals surface area contributed by atoms with Crippen molar-refractivity contribution in [1.82, 2.24) is 0 Å². The maximum atomic E-state index is 14.1. The Kier molecular flexibility index (Phi) is 5.37. The first-order valence-corrected chi connectivity index (χ1v) is 8.05. The maximum absolute atomic E-state index is 14.1. The lowest BCUT2D eigenvalue weighted by Gasteiger charge is -2.11. The van der Waals surface area contributed by atoms with Crippen molar-refractivity contribution in [1.29, 1.82) is 0 Å². The highest BCUT2D eigenvalue weighted by Crippen LogP contribution is 2.22. The molecule has 120 valence electrons. The van der Waals surface area contributed by atoms with Gasteiger partial charge in [-0.3, -0.25) is 5.43 Å². The second-order valence-corrected chi connectivity index (χ2v) is 5.80. The van der Waals surface area contributed by atoms with Gasteiger partial charge in [0.05, 0.1) is 24.6 Å². The minimum atomic E-state index is -0.244. The summed E-state index contributed by atoms with van der Waals surface area (Å²) in [5, 5.41) is 4.12. The fourth-order valence-electron chi connectivity index (χ4n) is 2.72. The summed E-state index contributed by atoms with van der Waals surface area (Å²) < 4.78 is 19.9. The number of anilines is 1. The van der Waals surface area contributed by atoms with Gasteiger partial charge in [0.1, 0.15) is 5.82 Å². The van der Waals surface area contributed by atoms with Crippen LogP contribution in [-0.4, -0.2) is 12.3 Å². The minimum absolute atomic E-state index is 0.244. The molecule has 23 heavy (non-hydrogen) atoms. The first-order valence-electron chi connectivity index (χ1n) is 8.05. The summed E-state index contributed by atoms with van der Waals surface area (Å²) in [6, 6.07) is 14.7. The molecule has 0 atom stereocenters. The van der Waals surface area contributed by atoms with E-state index in [1.165, 1.54) is 18.9 Å². The molecule has 1 saturated carbocycles. The molecular weight excluding hydrogens is 291 g/mol. The van der Waals surface area contributed by atoms with Crippen molar-refractivity contribution in [2.24, 2.45) is 5.10 Å². The maximum Gasteiger partial charge on any atom is 0.129 e.